The van der Waals surface area contributed by atoms with E-state index >= 15 is 0 Å². The topological polar surface area (TPSA) is 50.7 Å². The van der Waals surface area contributed by atoms with Gasteiger partial charge in [-0.25, -0.2) is 5.43 Å². The van der Waals surface area contributed by atoms with Crippen LogP contribution in [0.3, 0.4) is 0 Å². The lowest BCUT2D eigenvalue weighted by atomic mass is 10.1. The van der Waals surface area contributed by atoms with Crippen molar-refractivity contribution in [1.82, 2.24) is 5.43 Å². The number of carbonyl (C=O) groups is 1. The van der Waals surface area contributed by atoms with Gasteiger partial charge in [0.2, 0.25) is 0 Å². The van der Waals surface area contributed by atoms with Crippen molar-refractivity contribution in [3.05, 3.63) is 94.5 Å². The summed E-state index contributed by atoms with van der Waals surface area (Å²) in [5.41, 5.74) is 5.47. The minimum atomic E-state index is -2.87. The van der Waals surface area contributed by atoms with E-state index in [0.717, 1.165) is 16.2 Å². The first-order valence-corrected chi connectivity index (χ1v) is 11.2. The standard InChI is InChI=1S/C24H21ClF2N2O2S/c1-2-22(17-7-11-20(12-8-17)31-24(26)27)28-29-23(30)18-5-3-16(4-6-18)15-32-21-13-9-19(25)10-14-21/h3-14,24H,2,15H2,1H3,(H,29,30)/b28-22+. The van der Waals surface area contributed by atoms with Crippen LogP contribution in [-0.2, 0) is 5.75 Å². The predicted octanol–water partition coefficient (Wildman–Crippen LogP) is 6.78. The van der Waals surface area contributed by atoms with Gasteiger partial charge in [0, 0.05) is 21.2 Å². The van der Waals surface area contributed by atoms with Crippen LogP contribution in [-0.4, -0.2) is 18.2 Å². The molecule has 0 spiro atoms. The summed E-state index contributed by atoms with van der Waals surface area (Å²) in [4.78, 5) is 13.6. The van der Waals surface area contributed by atoms with Gasteiger partial charge in [0.05, 0.1) is 5.71 Å². The zero-order chi connectivity index (χ0) is 22.9. The van der Waals surface area contributed by atoms with Gasteiger partial charge >= 0.3 is 6.61 Å². The van der Waals surface area contributed by atoms with E-state index in [1.54, 1.807) is 36.0 Å². The minimum Gasteiger partial charge on any atom is -0.435 e. The molecule has 8 heteroatoms. The molecule has 0 bridgehead atoms. The molecular weight excluding hydrogens is 454 g/mol. The van der Waals surface area contributed by atoms with Crippen molar-refractivity contribution in [3.8, 4) is 5.75 Å². The Bertz CT molecular complexity index is 1060. The van der Waals surface area contributed by atoms with Gasteiger partial charge in [-0.1, -0.05) is 30.7 Å². The summed E-state index contributed by atoms with van der Waals surface area (Å²) in [6, 6.07) is 21.1. The molecule has 0 radical (unpaired) electrons. The van der Waals surface area contributed by atoms with Crippen molar-refractivity contribution in [2.75, 3.05) is 0 Å². The fourth-order valence-electron chi connectivity index (χ4n) is 2.81. The lowest BCUT2D eigenvalue weighted by Crippen LogP contribution is -2.20. The molecule has 3 aromatic rings. The SMILES string of the molecule is CC/C(=N\NC(=O)c1ccc(CSc2ccc(Cl)cc2)cc1)c1ccc(OC(F)F)cc1. The highest BCUT2D eigenvalue weighted by atomic mass is 35.5. The van der Waals surface area contributed by atoms with E-state index in [1.165, 1.54) is 12.1 Å². The summed E-state index contributed by atoms with van der Waals surface area (Å²) < 4.78 is 28.9. The van der Waals surface area contributed by atoms with Crippen LogP contribution in [0.5, 0.6) is 5.75 Å². The average Bonchev–Trinajstić information content (AvgIpc) is 2.80. The molecule has 0 aliphatic carbocycles. The van der Waals surface area contributed by atoms with Gasteiger partial charge in [-0.05, 0) is 78.2 Å². The minimum absolute atomic E-state index is 0.0672. The molecule has 0 aromatic heterocycles. The van der Waals surface area contributed by atoms with Crippen LogP contribution >= 0.6 is 23.4 Å². The molecule has 0 saturated heterocycles. The number of halogens is 3. The quantitative estimate of drug-likeness (QED) is 0.211. The summed E-state index contributed by atoms with van der Waals surface area (Å²) in [5.74, 6) is 0.510. The van der Waals surface area contributed by atoms with E-state index in [9.17, 15) is 13.6 Å². The van der Waals surface area contributed by atoms with Crippen molar-refractivity contribution >= 4 is 35.0 Å². The molecule has 0 fully saturated rings. The summed E-state index contributed by atoms with van der Waals surface area (Å²) in [6.45, 7) is -0.983. The predicted molar refractivity (Wildman–Crippen MR) is 125 cm³/mol. The molecule has 1 N–H and O–H groups in total. The van der Waals surface area contributed by atoms with Crippen LogP contribution in [0.1, 0.15) is 34.8 Å². The molecule has 0 saturated carbocycles. The Kier molecular flexibility index (Phi) is 8.64. The molecule has 0 unspecified atom stereocenters. The van der Waals surface area contributed by atoms with Gasteiger partial charge in [0.25, 0.3) is 5.91 Å². The smallest absolute Gasteiger partial charge is 0.387 e. The van der Waals surface area contributed by atoms with E-state index < -0.39 is 6.61 Å². The molecule has 3 aromatic carbocycles. The first-order valence-electron chi connectivity index (χ1n) is 9.84. The van der Waals surface area contributed by atoms with Gasteiger partial charge in [0.1, 0.15) is 5.75 Å². The third-order valence-corrected chi connectivity index (χ3v) is 5.81. The maximum Gasteiger partial charge on any atom is 0.387 e. The molecule has 32 heavy (non-hydrogen) atoms. The number of hydrazone groups is 1. The fourth-order valence-corrected chi connectivity index (χ4v) is 3.79. The molecule has 3 rings (SSSR count). The van der Waals surface area contributed by atoms with Crippen molar-refractivity contribution in [3.63, 3.8) is 0 Å². The number of rotatable bonds is 9. The van der Waals surface area contributed by atoms with Crippen molar-refractivity contribution in [1.29, 1.82) is 0 Å². The van der Waals surface area contributed by atoms with E-state index in [4.69, 9.17) is 11.6 Å². The molecule has 0 heterocycles. The highest BCUT2D eigenvalue weighted by molar-refractivity contribution is 7.98. The summed E-state index contributed by atoms with van der Waals surface area (Å²) in [5, 5.41) is 4.90. The van der Waals surface area contributed by atoms with Crippen molar-refractivity contribution in [2.45, 2.75) is 30.6 Å². The number of nitrogens with zero attached hydrogens (tertiary/aromatic N) is 1. The van der Waals surface area contributed by atoms with Gasteiger partial charge in [-0.3, -0.25) is 4.79 Å². The number of alkyl halides is 2. The largest absolute Gasteiger partial charge is 0.435 e. The second-order valence-corrected chi connectivity index (χ2v) is 8.18. The zero-order valence-corrected chi connectivity index (χ0v) is 18.8. The number of ether oxygens (including phenoxy) is 1. The van der Waals surface area contributed by atoms with Crippen molar-refractivity contribution < 1.29 is 18.3 Å². The number of thioether (sulfide) groups is 1. The first-order chi connectivity index (χ1) is 15.4. The summed E-state index contributed by atoms with van der Waals surface area (Å²) >= 11 is 7.59. The fraction of sp³-hybridized carbons (Fsp3) is 0.167. The highest BCUT2D eigenvalue weighted by Gasteiger charge is 2.08. The third kappa shape index (κ3) is 7.07. The van der Waals surface area contributed by atoms with Crippen LogP contribution in [0.2, 0.25) is 5.02 Å². The monoisotopic (exact) mass is 474 g/mol. The van der Waals surface area contributed by atoms with Gasteiger partial charge in [-0.15, -0.1) is 11.8 Å². The summed E-state index contributed by atoms with van der Waals surface area (Å²) in [6.07, 6.45) is 0.552. The van der Waals surface area contributed by atoms with Crippen LogP contribution in [0.4, 0.5) is 8.78 Å². The van der Waals surface area contributed by atoms with Crippen LogP contribution in [0.25, 0.3) is 0 Å². The lowest BCUT2D eigenvalue weighted by molar-refractivity contribution is -0.0498. The number of benzene rings is 3. The Morgan fingerprint density at radius 3 is 2.22 bits per heavy atom. The Morgan fingerprint density at radius 2 is 1.62 bits per heavy atom. The van der Waals surface area contributed by atoms with E-state index in [-0.39, 0.29) is 11.7 Å². The lowest BCUT2D eigenvalue weighted by Gasteiger charge is -2.08. The van der Waals surface area contributed by atoms with Gasteiger partial charge < -0.3 is 4.74 Å². The van der Waals surface area contributed by atoms with Crippen LogP contribution in [0, 0.1) is 0 Å². The number of hydrogen-bond acceptors (Lipinski definition) is 4. The number of amides is 1. The maximum absolute atomic E-state index is 12.5. The molecule has 0 atom stereocenters. The Morgan fingerprint density at radius 1 is 1.00 bits per heavy atom. The van der Waals surface area contributed by atoms with Crippen LogP contribution in [0.15, 0.2) is 82.8 Å². The van der Waals surface area contributed by atoms with E-state index in [0.29, 0.717) is 28.3 Å². The average molecular weight is 475 g/mol. The van der Waals surface area contributed by atoms with Gasteiger partial charge in [0.15, 0.2) is 0 Å². The summed E-state index contributed by atoms with van der Waals surface area (Å²) in [7, 11) is 0. The molecule has 4 nitrogen and oxygen atoms in total. The normalized spacial score (nSPS) is 11.5. The molecule has 0 aliphatic heterocycles. The van der Waals surface area contributed by atoms with Crippen LogP contribution < -0.4 is 10.2 Å². The Hall–Kier alpha value is -2.90. The highest BCUT2D eigenvalue weighted by Crippen LogP contribution is 2.24. The second kappa shape index (κ2) is 11.6. The first kappa shape index (κ1) is 23.8. The number of carbonyl (C=O) groups excluding carboxylic acids is 1. The molecular formula is C24H21ClF2N2O2S. The number of nitrogens with one attached hydrogen (secondary N) is 1. The zero-order valence-electron chi connectivity index (χ0n) is 17.2. The molecule has 1 amide bonds. The Balaban J connectivity index is 1.57. The maximum atomic E-state index is 12.5. The van der Waals surface area contributed by atoms with E-state index in [2.05, 4.69) is 15.3 Å². The van der Waals surface area contributed by atoms with E-state index in [1.807, 2.05) is 43.3 Å². The third-order valence-electron chi connectivity index (χ3n) is 4.48. The Labute approximate surface area is 194 Å². The molecule has 166 valence electrons. The van der Waals surface area contributed by atoms with Gasteiger partial charge in [-0.2, -0.15) is 13.9 Å². The number of hydrogen-bond donors (Lipinski definition) is 1. The molecule has 0 aliphatic rings. The van der Waals surface area contributed by atoms with Crippen molar-refractivity contribution in [2.24, 2.45) is 5.10 Å². The second-order valence-electron chi connectivity index (χ2n) is 6.70.